The number of aromatic amines is 1. The molecule has 1 N–H and O–H groups in total. The molecule has 0 amide bonds. The molecule has 112 valence electrons. The number of nitrogens with one attached hydrogen (secondary N) is 1. The number of hydrogen-bond acceptors (Lipinski definition) is 3. The lowest BCUT2D eigenvalue weighted by atomic mass is 9.94. The quantitative estimate of drug-likeness (QED) is 0.785. The van der Waals surface area contributed by atoms with Crippen molar-refractivity contribution >= 4 is 28.0 Å². The Morgan fingerprint density at radius 2 is 1.96 bits per heavy atom. The largest absolute Gasteiger partial charge is 0.338 e. The van der Waals surface area contributed by atoms with Gasteiger partial charge in [-0.2, -0.15) is 0 Å². The van der Waals surface area contributed by atoms with Gasteiger partial charge in [-0.1, -0.05) is 18.2 Å². The molecule has 23 heavy (non-hydrogen) atoms. The van der Waals surface area contributed by atoms with E-state index in [1.165, 1.54) is 0 Å². The van der Waals surface area contributed by atoms with Crippen molar-refractivity contribution in [3.63, 3.8) is 0 Å². The summed E-state index contributed by atoms with van der Waals surface area (Å²) in [5.41, 5.74) is 5.68. The van der Waals surface area contributed by atoms with Crippen LogP contribution in [-0.4, -0.2) is 20.7 Å². The summed E-state index contributed by atoms with van der Waals surface area (Å²) >= 11 is 0. The minimum atomic E-state index is 0.0829. The van der Waals surface area contributed by atoms with Gasteiger partial charge in [-0.05, 0) is 47.9 Å². The summed E-state index contributed by atoms with van der Waals surface area (Å²) in [6.07, 6.45) is 7.76. The number of carbonyl (C=O) groups is 1. The maximum absolute atomic E-state index is 12.3. The number of nitrogens with zero attached hydrogens (tertiary/aromatic N) is 2. The minimum absolute atomic E-state index is 0.0829. The highest BCUT2D eigenvalue weighted by Gasteiger charge is 2.20. The second-order valence-corrected chi connectivity index (χ2v) is 5.64. The van der Waals surface area contributed by atoms with Gasteiger partial charge in [-0.25, -0.2) is 4.98 Å². The zero-order valence-corrected chi connectivity index (χ0v) is 12.7. The molecule has 1 aliphatic carbocycles. The standard InChI is InChI=1S/C19H15N3O/c1-12-3-2-4-16-18(12)22-19(21-16)15-11-14(5-6-17(15)23)13-7-9-20-10-8-13/h2-5,7-11H,6H2,1H3,(H,21,22). The number of Topliss-reactive ketones (excluding diaryl/α,β-unsaturated/α-hetero) is 1. The molecule has 0 fully saturated rings. The molecule has 0 aliphatic heterocycles. The van der Waals surface area contributed by atoms with Gasteiger partial charge in [0.25, 0.3) is 0 Å². The Kier molecular flexibility index (Phi) is 3.15. The van der Waals surface area contributed by atoms with Crippen LogP contribution in [0.25, 0.3) is 22.2 Å². The van der Waals surface area contributed by atoms with Crippen molar-refractivity contribution in [2.24, 2.45) is 0 Å². The van der Waals surface area contributed by atoms with E-state index in [1.807, 2.05) is 49.4 Å². The number of allylic oxidation sites excluding steroid dienone is 4. The van der Waals surface area contributed by atoms with Gasteiger partial charge in [0.15, 0.2) is 5.78 Å². The van der Waals surface area contributed by atoms with Crippen molar-refractivity contribution in [3.8, 4) is 0 Å². The average molecular weight is 301 g/mol. The molecule has 1 aromatic carbocycles. The fourth-order valence-corrected chi connectivity index (χ4v) is 2.86. The summed E-state index contributed by atoms with van der Waals surface area (Å²) in [4.78, 5) is 24.3. The number of aryl methyl sites for hydroxylation is 1. The van der Waals surface area contributed by atoms with Gasteiger partial charge in [0, 0.05) is 18.8 Å². The fraction of sp³-hybridized carbons (Fsp3) is 0.105. The molecule has 0 unspecified atom stereocenters. The summed E-state index contributed by atoms with van der Waals surface area (Å²) < 4.78 is 0. The maximum Gasteiger partial charge on any atom is 0.170 e. The van der Waals surface area contributed by atoms with Crippen LogP contribution in [0.2, 0.25) is 0 Å². The van der Waals surface area contributed by atoms with Gasteiger partial charge < -0.3 is 4.98 Å². The molecule has 0 saturated carbocycles. The van der Waals surface area contributed by atoms with E-state index >= 15 is 0 Å². The zero-order valence-electron chi connectivity index (χ0n) is 12.7. The van der Waals surface area contributed by atoms with Gasteiger partial charge >= 0.3 is 0 Å². The molecular formula is C19H15N3O. The van der Waals surface area contributed by atoms with E-state index in [0.29, 0.717) is 17.8 Å². The van der Waals surface area contributed by atoms with Crippen LogP contribution in [0.3, 0.4) is 0 Å². The van der Waals surface area contributed by atoms with Gasteiger partial charge in [-0.3, -0.25) is 9.78 Å². The van der Waals surface area contributed by atoms with Crippen molar-refractivity contribution in [2.45, 2.75) is 13.3 Å². The molecule has 4 heteroatoms. The molecule has 0 saturated heterocycles. The van der Waals surface area contributed by atoms with Crippen LogP contribution >= 0.6 is 0 Å². The van der Waals surface area contributed by atoms with E-state index in [2.05, 4.69) is 15.0 Å². The molecule has 0 radical (unpaired) electrons. The summed E-state index contributed by atoms with van der Waals surface area (Å²) in [5, 5.41) is 0. The van der Waals surface area contributed by atoms with Crippen LogP contribution in [0.4, 0.5) is 0 Å². The van der Waals surface area contributed by atoms with Crippen molar-refractivity contribution < 1.29 is 4.79 Å². The second kappa shape index (κ2) is 5.32. The molecule has 2 heterocycles. The smallest absolute Gasteiger partial charge is 0.170 e. The number of benzene rings is 1. The number of para-hydroxylation sites is 1. The van der Waals surface area contributed by atoms with Gasteiger partial charge in [0.2, 0.25) is 0 Å². The Hall–Kier alpha value is -3.01. The van der Waals surface area contributed by atoms with Crippen molar-refractivity contribution in [1.29, 1.82) is 0 Å². The third kappa shape index (κ3) is 2.38. The third-order valence-corrected chi connectivity index (χ3v) is 4.09. The Morgan fingerprint density at radius 3 is 2.74 bits per heavy atom. The first kappa shape index (κ1) is 13.6. The van der Waals surface area contributed by atoms with E-state index in [-0.39, 0.29) is 5.78 Å². The van der Waals surface area contributed by atoms with Crippen LogP contribution in [-0.2, 0) is 4.79 Å². The first-order valence-corrected chi connectivity index (χ1v) is 7.53. The zero-order chi connectivity index (χ0) is 15.8. The lowest BCUT2D eigenvalue weighted by Crippen LogP contribution is -2.06. The van der Waals surface area contributed by atoms with Crippen LogP contribution in [0.1, 0.15) is 23.4 Å². The minimum Gasteiger partial charge on any atom is -0.338 e. The van der Waals surface area contributed by atoms with Crippen LogP contribution in [0.15, 0.2) is 54.9 Å². The van der Waals surface area contributed by atoms with Crippen LogP contribution < -0.4 is 0 Å². The number of fused-ring (bicyclic) bond motifs is 1. The SMILES string of the molecule is Cc1cccc2[nH]c(C3=CC(c4ccncc4)=CCC3=O)nc12. The lowest BCUT2D eigenvalue weighted by molar-refractivity contribution is -0.113. The highest BCUT2D eigenvalue weighted by atomic mass is 16.1. The summed E-state index contributed by atoms with van der Waals surface area (Å²) in [6.45, 7) is 2.02. The van der Waals surface area contributed by atoms with E-state index < -0.39 is 0 Å². The monoisotopic (exact) mass is 301 g/mol. The number of imidazole rings is 1. The summed E-state index contributed by atoms with van der Waals surface area (Å²) in [5.74, 6) is 0.721. The number of carbonyl (C=O) groups excluding carboxylic acids is 1. The average Bonchev–Trinajstić information content (AvgIpc) is 3.01. The number of rotatable bonds is 2. The Balaban J connectivity index is 1.82. The van der Waals surface area contributed by atoms with E-state index in [0.717, 1.165) is 27.7 Å². The van der Waals surface area contributed by atoms with Gasteiger partial charge in [-0.15, -0.1) is 0 Å². The predicted octanol–water partition coefficient (Wildman–Crippen LogP) is 3.71. The summed E-state index contributed by atoms with van der Waals surface area (Å²) in [7, 11) is 0. The number of pyridine rings is 1. The fourth-order valence-electron chi connectivity index (χ4n) is 2.86. The molecule has 0 bridgehead atoms. The van der Waals surface area contributed by atoms with Crippen LogP contribution in [0.5, 0.6) is 0 Å². The molecule has 1 aliphatic rings. The van der Waals surface area contributed by atoms with E-state index in [4.69, 9.17) is 0 Å². The molecular weight excluding hydrogens is 286 g/mol. The number of aromatic nitrogens is 3. The number of ketones is 1. The molecule has 3 aromatic rings. The van der Waals surface area contributed by atoms with Crippen molar-refractivity contribution in [3.05, 3.63) is 71.8 Å². The van der Waals surface area contributed by atoms with Crippen molar-refractivity contribution in [1.82, 2.24) is 15.0 Å². The van der Waals surface area contributed by atoms with Gasteiger partial charge in [0.1, 0.15) is 5.82 Å². The van der Waals surface area contributed by atoms with Gasteiger partial charge in [0.05, 0.1) is 16.6 Å². The first-order valence-electron chi connectivity index (χ1n) is 7.53. The summed E-state index contributed by atoms with van der Waals surface area (Å²) in [6, 6.07) is 9.87. The Morgan fingerprint density at radius 1 is 1.13 bits per heavy atom. The highest BCUT2D eigenvalue weighted by Crippen LogP contribution is 2.29. The maximum atomic E-state index is 12.3. The molecule has 2 aromatic heterocycles. The van der Waals surface area contributed by atoms with E-state index in [1.54, 1.807) is 12.4 Å². The van der Waals surface area contributed by atoms with E-state index in [9.17, 15) is 4.79 Å². The number of hydrogen-bond donors (Lipinski definition) is 1. The first-order chi connectivity index (χ1) is 11.2. The lowest BCUT2D eigenvalue weighted by Gasteiger charge is -2.11. The Labute approximate surface area is 133 Å². The normalized spacial score (nSPS) is 14.7. The second-order valence-electron chi connectivity index (χ2n) is 5.64. The highest BCUT2D eigenvalue weighted by molar-refractivity contribution is 6.24. The third-order valence-electron chi connectivity index (χ3n) is 4.09. The topological polar surface area (TPSA) is 58.6 Å². The molecule has 0 spiro atoms. The predicted molar refractivity (Wildman–Crippen MR) is 90.6 cm³/mol. The number of H-pyrrole nitrogens is 1. The molecule has 4 nitrogen and oxygen atoms in total. The molecule has 0 atom stereocenters. The van der Waals surface area contributed by atoms with Crippen LogP contribution in [0, 0.1) is 6.92 Å². The van der Waals surface area contributed by atoms with Crippen molar-refractivity contribution in [2.75, 3.05) is 0 Å². The Bertz CT molecular complexity index is 965. The molecule has 4 rings (SSSR count).